The molecule has 1 aliphatic heterocycles. The summed E-state index contributed by atoms with van der Waals surface area (Å²) >= 11 is 0. The van der Waals surface area contributed by atoms with E-state index in [0.717, 1.165) is 29.7 Å². The Morgan fingerprint density at radius 3 is 3.04 bits per heavy atom. The van der Waals surface area contributed by atoms with Crippen LogP contribution >= 0.6 is 0 Å². The number of hydrogen-bond donors (Lipinski definition) is 1. The number of piperidine rings is 1. The number of likely N-dealkylation sites (tertiary alicyclic amines) is 1. The number of amides is 1. The molecule has 2 unspecified atom stereocenters. The van der Waals surface area contributed by atoms with Crippen molar-refractivity contribution in [3.05, 3.63) is 42.5 Å². The second-order valence-electron chi connectivity index (χ2n) is 6.64. The third-order valence-electron chi connectivity index (χ3n) is 5.17. The molecule has 1 aliphatic rings. The Labute approximate surface area is 145 Å². The molecule has 7 nitrogen and oxygen atoms in total. The highest BCUT2D eigenvalue weighted by molar-refractivity contribution is 5.92. The van der Waals surface area contributed by atoms with E-state index in [9.17, 15) is 4.79 Å². The average molecular weight is 339 g/mol. The Bertz CT molecular complexity index is 873. The molecule has 0 spiro atoms. The molecule has 4 heterocycles. The lowest BCUT2D eigenvalue weighted by Crippen LogP contribution is -2.52. The summed E-state index contributed by atoms with van der Waals surface area (Å²) in [5.41, 5.74) is 2.00. The zero-order valence-electron chi connectivity index (χ0n) is 14.3. The van der Waals surface area contributed by atoms with Crippen molar-refractivity contribution in [1.82, 2.24) is 20.0 Å². The van der Waals surface area contributed by atoms with Crippen molar-refractivity contribution in [3.8, 4) is 0 Å². The number of H-pyrrole nitrogens is 1. The number of rotatable bonds is 3. The summed E-state index contributed by atoms with van der Waals surface area (Å²) in [5.74, 6) is 0.683. The van der Waals surface area contributed by atoms with Gasteiger partial charge in [0.25, 0.3) is 5.91 Å². The largest absolute Gasteiger partial charge is 0.369 e. The molecule has 0 radical (unpaired) electrons. The van der Waals surface area contributed by atoms with Gasteiger partial charge in [-0.15, -0.1) is 0 Å². The van der Waals surface area contributed by atoms with Crippen molar-refractivity contribution in [2.24, 2.45) is 5.92 Å². The fourth-order valence-electron chi connectivity index (χ4n) is 3.65. The quantitative estimate of drug-likeness (QED) is 0.793. The number of pyridine rings is 1. The molecule has 3 aromatic rings. The summed E-state index contributed by atoms with van der Waals surface area (Å²) < 4.78 is 5.04. The van der Waals surface area contributed by atoms with E-state index < -0.39 is 0 Å². The third kappa shape index (κ3) is 2.75. The molecule has 3 aromatic heterocycles. The van der Waals surface area contributed by atoms with Gasteiger partial charge in [0.05, 0.1) is 6.20 Å². The molecule has 25 heavy (non-hydrogen) atoms. The summed E-state index contributed by atoms with van der Waals surface area (Å²) in [5, 5.41) is 4.73. The average Bonchev–Trinajstić information content (AvgIpc) is 3.32. The first kappa shape index (κ1) is 15.7. The maximum Gasteiger partial charge on any atom is 0.292 e. The molecule has 1 fully saturated rings. The van der Waals surface area contributed by atoms with Crippen LogP contribution in [0.3, 0.4) is 0 Å². The van der Waals surface area contributed by atoms with Crippen molar-refractivity contribution in [1.29, 1.82) is 0 Å². The molecular weight excluding hydrogens is 318 g/mol. The molecule has 7 heteroatoms. The standard InChI is InChI=1S/C18H21N5O2/c1-12-6-10-23(18(24)16-5-9-21-25-16)11-15(12)22(2)14-4-8-20-17-13(14)3-7-19-17/h3-5,7-9,12,15H,6,10-11H2,1-2H3,(H,19,20). The molecule has 2 atom stereocenters. The number of carbonyl (C=O) groups excluding carboxylic acids is 1. The topological polar surface area (TPSA) is 78.3 Å². The van der Waals surface area contributed by atoms with Gasteiger partial charge in [-0.05, 0) is 24.5 Å². The number of nitrogens with one attached hydrogen (secondary N) is 1. The highest BCUT2D eigenvalue weighted by Gasteiger charge is 2.33. The maximum atomic E-state index is 12.6. The lowest BCUT2D eigenvalue weighted by molar-refractivity contribution is 0.0628. The highest BCUT2D eigenvalue weighted by atomic mass is 16.5. The molecule has 130 valence electrons. The minimum Gasteiger partial charge on any atom is -0.369 e. The van der Waals surface area contributed by atoms with Crippen LogP contribution in [0.15, 0.2) is 41.3 Å². The normalized spacial score (nSPS) is 20.8. The zero-order valence-corrected chi connectivity index (χ0v) is 14.3. The minimum atomic E-state index is -0.0932. The number of carbonyl (C=O) groups is 1. The van der Waals surface area contributed by atoms with Gasteiger partial charge in [-0.3, -0.25) is 4.79 Å². The van der Waals surface area contributed by atoms with Gasteiger partial charge in [-0.2, -0.15) is 0 Å². The van der Waals surface area contributed by atoms with Crippen LogP contribution in [0.25, 0.3) is 11.0 Å². The molecular formula is C18H21N5O2. The van der Waals surface area contributed by atoms with Crippen molar-refractivity contribution in [2.75, 3.05) is 25.0 Å². The van der Waals surface area contributed by atoms with Crippen molar-refractivity contribution >= 4 is 22.6 Å². The molecule has 1 amide bonds. The van der Waals surface area contributed by atoms with Crippen molar-refractivity contribution in [2.45, 2.75) is 19.4 Å². The summed E-state index contributed by atoms with van der Waals surface area (Å²) in [6.45, 7) is 3.64. The molecule has 0 saturated carbocycles. The molecule has 1 N–H and O–H groups in total. The predicted octanol–water partition coefficient (Wildman–Crippen LogP) is 2.54. The second kappa shape index (κ2) is 6.23. The fourth-order valence-corrected chi connectivity index (χ4v) is 3.65. The number of anilines is 1. The zero-order chi connectivity index (χ0) is 17.4. The Hall–Kier alpha value is -2.83. The fraction of sp³-hybridized carbons (Fsp3) is 0.389. The van der Waals surface area contributed by atoms with Crippen LogP contribution in [0.5, 0.6) is 0 Å². The first-order valence-electron chi connectivity index (χ1n) is 8.50. The van der Waals surface area contributed by atoms with Crippen LogP contribution in [0, 0.1) is 5.92 Å². The lowest BCUT2D eigenvalue weighted by Gasteiger charge is -2.42. The van der Waals surface area contributed by atoms with Gasteiger partial charge in [0.1, 0.15) is 5.65 Å². The first-order chi connectivity index (χ1) is 12.1. The van der Waals surface area contributed by atoms with E-state index in [1.165, 1.54) is 6.20 Å². The van der Waals surface area contributed by atoms with Gasteiger partial charge >= 0.3 is 0 Å². The van der Waals surface area contributed by atoms with E-state index in [-0.39, 0.29) is 11.9 Å². The number of fused-ring (bicyclic) bond motifs is 1. The minimum absolute atomic E-state index is 0.0932. The third-order valence-corrected chi connectivity index (χ3v) is 5.17. The van der Waals surface area contributed by atoms with E-state index in [1.54, 1.807) is 6.07 Å². The summed E-state index contributed by atoms with van der Waals surface area (Å²) in [7, 11) is 2.09. The Morgan fingerprint density at radius 2 is 2.24 bits per heavy atom. The van der Waals surface area contributed by atoms with Crippen LogP contribution in [0.4, 0.5) is 5.69 Å². The number of aromatic amines is 1. The summed E-state index contributed by atoms with van der Waals surface area (Å²) in [6.07, 6.45) is 6.17. The van der Waals surface area contributed by atoms with Crippen LogP contribution < -0.4 is 4.90 Å². The van der Waals surface area contributed by atoms with Gasteiger partial charge in [0.15, 0.2) is 0 Å². The van der Waals surface area contributed by atoms with E-state index >= 15 is 0 Å². The van der Waals surface area contributed by atoms with Gasteiger partial charge in [-0.1, -0.05) is 12.1 Å². The highest BCUT2D eigenvalue weighted by Crippen LogP contribution is 2.30. The van der Waals surface area contributed by atoms with E-state index in [2.05, 4.69) is 34.0 Å². The lowest BCUT2D eigenvalue weighted by atomic mass is 9.91. The van der Waals surface area contributed by atoms with Gasteiger partial charge in [0, 0.05) is 55.7 Å². The van der Waals surface area contributed by atoms with Crippen LogP contribution in [0.2, 0.25) is 0 Å². The molecule has 0 bridgehead atoms. The van der Waals surface area contributed by atoms with E-state index in [0.29, 0.717) is 18.2 Å². The number of hydrogen-bond acceptors (Lipinski definition) is 5. The summed E-state index contributed by atoms with van der Waals surface area (Å²) in [4.78, 5) is 24.2. The first-order valence-corrected chi connectivity index (χ1v) is 8.50. The monoisotopic (exact) mass is 339 g/mol. The van der Waals surface area contributed by atoms with E-state index in [1.807, 2.05) is 29.4 Å². The number of aromatic nitrogens is 3. The number of likely N-dealkylation sites (N-methyl/N-ethyl adjacent to an activating group) is 1. The van der Waals surface area contributed by atoms with Gasteiger partial charge < -0.3 is 19.3 Å². The predicted molar refractivity (Wildman–Crippen MR) is 94.5 cm³/mol. The van der Waals surface area contributed by atoms with Gasteiger partial charge in [-0.25, -0.2) is 4.98 Å². The van der Waals surface area contributed by atoms with Crippen molar-refractivity contribution in [3.63, 3.8) is 0 Å². The van der Waals surface area contributed by atoms with E-state index in [4.69, 9.17) is 4.52 Å². The molecule has 4 rings (SSSR count). The Morgan fingerprint density at radius 1 is 1.36 bits per heavy atom. The van der Waals surface area contributed by atoms with Crippen LogP contribution in [-0.4, -0.2) is 52.1 Å². The molecule has 1 saturated heterocycles. The van der Waals surface area contributed by atoms with Crippen molar-refractivity contribution < 1.29 is 9.32 Å². The van der Waals surface area contributed by atoms with Crippen LogP contribution in [0.1, 0.15) is 23.9 Å². The molecule has 0 aliphatic carbocycles. The Kier molecular flexibility index (Phi) is 3.91. The Balaban J connectivity index is 1.59. The van der Waals surface area contributed by atoms with Gasteiger partial charge in [0.2, 0.25) is 5.76 Å². The second-order valence-corrected chi connectivity index (χ2v) is 6.64. The smallest absolute Gasteiger partial charge is 0.292 e. The summed E-state index contributed by atoms with van der Waals surface area (Å²) in [6, 6.07) is 5.91. The van der Waals surface area contributed by atoms with Crippen LogP contribution in [-0.2, 0) is 0 Å². The number of nitrogens with zero attached hydrogens (tertiary/aromatic N) is 4. The maximum absolute atomic E-state index is 12.6. The SMILES string of the molecule is CC1CCN(C(=O)c2ccno2)CC1N(C)c1ccnc2[nH]ccc12. The molecule has 0 aromatic carbocycles.